The molecule has 8 nitrogen and oxygen atoms in total. The van der Waals surface area contributed by atoms with Crippen molar-refractivity contribution >= 4 is 21.8 Å². The van der Waals surface area contributed by atoms with Gasteiger partial charge >= 0.3 is 0 Å². The molecule has 0 spiro atoms. The maximum atomic E-state index is 13.2. The van der Waals surface area contributed by atoms with Gasteiger partial charge in [0.2, 0.25) is 21.8 Å². The van der Waals surface area contributed by atoms with Crippen LogP contribution in [0.3, 0.4) is 0 Å². The minimum absolute atomic E-state index is 0.0158. The fraction of sp³-hybridized carbons (Fsp3) is 0.440. The Balaban J connectivity index is 1.64. The van der Waals surface area contributed by atoms with E-state index in [1.54, 1.807) is 36.1 Å². The number of carbonyl (C=O) groups is 2. The summed E-state index contributed by atoms with van der Waals surface area (Å²) in [4.78, 5) is 27.5. The second kappa shape index (κ2) is 12.1. The van der Waals surface area contributed by atoms with E-state index >= 15 is 0 Å². The molecule has 2 amide bonds. The molecule has 0 unspecified atom stereocenters. The number of amides is 2. The van der Waals surface area contributed by atoms with Crippen LogP contribution in [0, 0.1) is 0 Å². The standard InChI is InChI=1S/C25H33N3O5S/c1-19(25(31)26-16-5-17-29)28(18-21-6-3-2-4-7-21)24(30)15-10-20-8-13-23(14-9-20)34(32,33)27-22-11-12-22/h2-4,6-9,13-14,19,22,27,29H,5,10-12,15-18H2,1H3,(H,26,31)/t19-/m0/s1. The first-order chi connectivity index (χ1) is 16.3. The number of nitrogens with one attached hydrogen (secondary N) is 2. The molecule has 0 heterocycles. The van der Waals surface area contributed by atoms with Crippen molar-refractivity contribution in [3.8, 4) is 0 Å². The fourth-order valence-electron chi connectivity index (χ4n) is 3.52. The zero-order chi connectivity index (χ0) is 24.6. The van der Waals surface area contributed by atoms with Crippen LogP contribution in [0.25, 0.3) is 0 Å². The van der Waals surface area contributed by atoms with Gasteiger partial charge in [-0.1, -0.05) is 42.5 Å². The smallest absolute Gasteiger partial charge is 0.242 e. The van der Waals surface area contributed by atoms with E-state index in [2.05, 4.69) is 10.0 Å². The van der Waals surface area contributed by atoms with Gasteiger partial charge in [0, 0.05) is 32.2 Å². The quantitative estimate of drug-likeness (QED) is 0.374. The number of benzene rings is 2. The fourth-order valence-corrected chi connectivity index (χ4v) is 4.82. The molecule has 1 fully saturated rings. The Morgan fingerprint density at radius 2 is 1.74 bits per heavy atom. The molecule has 9 heteroatoms. The molecule has 0 bridgehead atoms. The molecule has 1 atom stereocenters. The van der Waals surface area contributed by atoms with Crippen LogP contribution in [-0.4, -0.2) is 55.5 Å². The van der Waals surface area contributed by atoms with Crippen molar-refractivity contribution < 1.29 is 23.1 Å². The maximum absolute atomic E-state index is 13.2. The normalized spacial score (nSPS) is 14.4. The van der Waals surface area contributed by atoms with E-state index in [1.807, 2.05) is 30.3 Å². The second-order valence-electron chi connectivity index (χ2n) is 8.59. The van der Waals surface area contributed by atoms with Gasteiger partial charge in [0.15, 0.2) is 0 Å². The molecule has 0 radical (unpaired) electrons. The number of rotatable bonds is 13. The summed E-state index contributed by atoms with van der Waals surface area (Å²) in [5.41, 5.74) is 1.77. The van der Waals surface area contributed by atoms with Gasteiger partial charge in [-0.05, 0) is 55.9 Å². The van der Waals surface area contributed by atoms with Crippen molar-refractivity contribution in [3.63, 3.8) is 0 Å². The summed E-state index contributed by atoms with van der Waals surface area (Å²) in [6.45, 7) is 2.33. The topological polar surface area (TPSA) is 116 Å². The van der Waals surface area contributed by atoms with Gasteiger partial charge in [-0.2, -0.15) is 0 Å². The minimum atomic E-state index is -3.51. The Labute approximate surface area is 201 Å². The summed E-state index contributed by atoms with van der Waals surface area (Å²) >= 11 is 0. The molecule has 0 aromatic heterocycles. The first-order valence-electron chi connectivity index (χ1n) is 11.6. The zero-order valence-corrected chi connectivity index (χ0v) is 20.3. The van der Waals surface area contributed by atoms with E-state index in [9.17, 15) is 18.0 Å². The Morgan fingerprint density at radius 1 is 1.06 bits per heavy atom. The SMILES string of the molecule is C[C@@H](C(=O)NCCCO)N(Cc1ccccc1)C(=O)CCc1ccc(S(=O)(=O)NC2CC2)cc1. The Morgan fingerprint density at radius 3 is 2.35 bits per heavy atom. The molecule has 34 heavy (non-hydrogen) atoms. The molecular weight excluding hydrogens is 454 g/mol. The largest absolute Gasteiger partial charge is 0.396 e. The Bertz CT molecular complexity index is 1050. The third-order valence-corrected chi connectivity index (χ3v) is 7.29. The number of aryl methyl sites for hydroxylation is 1. The minimum Gasteiger partial charge on any atom is -0.396 e. The summed E-state index contributed by atoms with van der Waals surface area (Å²) in [6.07, 6.45) is 2.81. The highest BCUT2D eigenvalue weighted by Gasteiger charge is 2.28. The number of aliphatic hydroxyl groups excluding tert-OH is 1. The summed E-state index contributed by atoms with van der Waals surface area (Å²) in [7, 11) is -3.51. The van der Waals surface area contributed by atoms with Crippen LogP contribution in [0.4, 0.5) is 0 Å². The third kappa shape index (κ3) is 7.65. The second-order valence-corrected chi connectivity index (χ2v) is 10.3. The number of sulfonamides is 1. The zero-order valence-electron chi connectivity index (χ0n) is 19.4. The molecule has 3 N–H and O–H groups in total. The lowest BCUT2D eigenvalue weighted by atomic mass is 10.1. The highest BCUT2D eigenvalue weighted by Crippen LogP contribution is 2.22. The highest BCUT2D eigenvalue weighted by atomic mass is 32.2. The number of carbonyl (C=O) groups excluding carboxylic acids is 2. The van der Waals surface area contributed by atoms with Crippen LogP contribution in [0.1, 0.15) is 43.7 Å². The monoisotopic (exact) mass is 487 g/mol. The average molecular weight is 488 g/mol. The first-order valence-corrected chi connectivity index (χ1v) is 13.1. The summed E-state index contributed by atoms with van der Waals surface area (Å²) in [6, 6.07) is 15.4. The molecule has 2 aromatic rings. The lowest BCUT2D eigenvalue weighted by molar-refractivity contribution is -0.140. The number of hydrogen-bond donors (Lipinski definition) is 3. The molecular formula is C25H33N3O5S. The van der Waals surface area contributed by atoms with E-state index in [1.165, 1.54) is 0 Å². The summed E-state index contributed by atoms with van der Waals surface area (Å²) < 4.78 is 27.3. The Kier molecular flexibility index (Phi) is 9.20. The maximum Gasteiger partial charge on any atom is 0.242 e. The summed E-state index contributed by atoms with van der Waals surface area (Å²) in [5, 5.41) is 11.7. The average Bonchev–Trinajstić information content (AvgIpc) is 3.65. The van der Waals surface area contributed by atoms with E-state index in [0.29, 0.717) is 25.9 Å². The third-order valence-electron chi connectivity index (χ3n) is 5.76. The number of hydrogen-bond acceptors (Lipinski definition) is 5. The van der Waals surface area contributed by atoms with Crippen LogP contribution in [0.15, 0.2) is 59.5 Å². The van der Waals surface area contributed by atoms with Gasteiger partial charge in [0.1, 0.15) is 6.04 Å². The van der Waals surface area contributed by atoms with Crippen LogP contribution in [-0.2, 0) is 32.6 Å². The van der Waals surface area contributed by atoms with E-state index < -0.39 is 16.1 Å². The van der Waals surface area contributed by atoms with Crippen molar-refractivity contribution in [2.24, 2.45) is 0 Å². The molecule has 2 aromatic carbocycles. The van der Waals surface area contributed by atoms with Crippen molar-refractivity contribution in [3.05, 3.63) is 65.7 Å². The molecule has 1 aliphatic rings. The molecule has 0 aliphatic heterocycles. The van der Waals surface area contributed by atoms with Crippen molar-refractivity contribution in [2.75, 3.05) is 13.2 Å². The van der Waals surface area contributed by atoms with Gasteiger partial charge in [-0.25, -0.2) is 13.1 Å². The lowest BCUT2D eigenvalue weighted by Crippen LogP contribution is -2.47. The van der Waals surface area contributed by atoms with Crippen LogP contribution in [0.2, 0.25) is 0 Å². The van der Waals surface area contributed by atoms with Crippen molar-refractivity contribution in [1.29, 1.82) is 0 Å². The van der Waals surface area contributed by atoms with Crippen LogP contribution < -0.4 is 10.0 Å². The molecule has 1 aliphatic carbocycles. The van der Waals surface area contributed by atoms with Crippen LogP contribution >= 0.6 is 0 Å². The van der Waals surface area contributed by atoms with Crippen molar-refractivity contribution in [1.82, 2.24) is 14.9 Å². The number of nitrogens with zero attached hydrogens (tertiary/aromatic N) is 1. The molecule has 3 rings (SSSR count). The van der Waals surface area contributed by atoms with Gasteiger partial charge in [0.25, 0.3) is 0 Å². The van der Waals surface area contributed by atoms with E-state index in [0.717, 1.165) is 24.0 Å². The van der Waals surface area contributed by atoms with E-state index in [4.69, 9.17) is 5.11 Å². The van der Waals surface area contributed by atoms with Crippen molar-refractivity contribution in [2.45, 2.75) is 62.6 Å². The van der Waals surface area contributed by atoms with Gasteiger partial charge in [0.05, 0.1) is 4.90 Å². The molecule has 1 saturated carbocycles. The highest BCUT2D eigenvalue weighted by molar-refractivity contribution is 7.89. The molecule has 184 valence electrons. The predicted octanol–water partition coefficient (Wildman–Crippen LogP) is 1.98. The van der Waals surface area contributed by atoms with Gasteiger partial charge in [-0.15, -0.1) is 0 Å². The first kappa shape index (κ1) is 25.9. The number of aliphatic hydroxyl groups is 1. The molecule has 0 saturated heterocycles. The predicted molar refractivity (Wildman–Crippen MR) is 129 cm³/mol. The lowest BCUT2D eigenvalue weighted by Gasteiger charge is -2.29. The summed E-state index contributed by atoms with van der Waals surface area (Å²) in [5.74, 6) is -0.434. The van der Waals surface area contributed by atoms with Gasteiger partial charge in [-0.3, -0.25) is 9.59 Å². The van der Waals surface area contributed by atoms with Crippen LogP contribution in [0.5, 0.6) is 0 Å². The van der Waals surface area contributed by atoms with E-state index in [-0.39, 0.29) is 35.8 Å². The van der Waals surface area contributed by atoms with Gasteiger partial charge < -0.3 is 15.3 Å². The Hall–Kier alpha value is -2.75.